The summed E-state index contributed by atoms with van der Waals surface area (Å²) in [5.41, 5.74) is 0. The minimum Gasteiger partial charge on any atom is -0.481 e. The van der Waals surface area contributed by atoms with Crippen molar-refractivity contribution in [1.82, 2.24) is 4.90 Å². The van der Waals surface area contributed by atoms with E-state index in [-0.39, 0.29) is 19.0 Å². The van der Waals surface area contributed by atoms with E-state index >= 15 is 0 Å². The summed E-state index contributed by atoms with van der Waals surface area (Å²) in [6.45, 7) is 0.296. The zero-order chi connectivity index (χ0) is 13.4. The molecule has 0 amide bonds. The first-order valence-corrected chi connectivity index (χ1v) is 6.77. The van der Waals surface area contributed by atoms with E-state index in [9.17, 15) is 9.59 Å². The van der Waals surface area contributed by atoms with Crippen LogP contribution in [-0.2, 0) is 9.59 Å². The monoisotopic (exact) mass is 257 g/mol. The molecule has 0 bridgehead atoms. The van der Waals surface area contributed by atoms with Gasteiger partial charge in [-0.1, -0.05) is 32.1 Å². The quantitative estimate of drug-likeness (QED) is 0.760. The van der Waals surface area contributed by atoms with Gasteiger partial charge in [-0.3, -0.25) is 14.5 Å². The van der Waals surface area contributed by atoms with Gasteiger partial charge in [0, 0.05) is 12.6 Å². The molecule has 0 atom stereocenters. The van der Waals surface area contributed by atoms with Gasteiger partial charge in [-0.05, 0) is 12.8 Å². The van der Waals surface area contributed by atoms with Crippen LogP contribution in [0.3, 0.4) is 0 Å². The Morgan fingerprint density at radius 2 is 1.50 bits per heavy atom. The summed E-state index contributed by atoms with van der Waals surface area (Å²) in [6, 6.07) is 0.237. The molecular formula is C13H23NO4. The second-order valence-corrected chi connectivity index (χ2v) is 5.01. The number of carboxylic acid groups (broad SMARTS) is 2. The van der Waals surface area contributed by atoms with Crippen molar-refractivity contribution in [3.05, 3.63) is 0 Å². The van der Waals surface area contributed by atoms with Gasteiger partial charge >= 0.3 is 11.9 Å². The summed E-state index contributed by atoms with van der Waals surface area (Å²) in [7, 11) is 0. The van der Waals surface area contributed by atoms with E-state index < -0.39 is 11.9 Å². The molecule has 5 heteroatoms. The fourth-order valence-corrected chi connectivity index (χ4v) is 2.60. The number of hydrogen-bond donors (Lipinski definition) is 2. The standard InChI is InChI=1S/C13H23NO4/c15-12(16)8-9-14(10-13(17)18)11-6-4-2-1-3-5-7-11/h11H,1-10H2,(H,15,16)(H,17,18). The van der Waals surface area contributed by atoms with Crippen molar-refractivity contribution in [3.63, 3.8) is 0 Å². The lowest BCUT2D eigenvalue weighted by molar-refractivity contribution is -0.141. The van der Waals surface area contributed by atoms with Crippen LogP contribution in [0.15, 0.2) is 0 Å². The largest absolute Gasteiger partial charge is 0.481 e. The van der Waals surface area contributed by atoms with E-state index in [4.69, 9.17) is 10.2 Å². The first kappa shape index (κ1) is 15.0. The third-order valence-electron chi connectivity index (χ3n) is 3.54. The van der Waals surface area contributed by atoms with Crippen LogP contribution in [0.2, 0.25) is 0 Å². The normalized spacial score (nSPS) is 18.3. The molecule has 0 unspecified atom stereocenters. The number of aliphatic carboxylic acids is 2. The van der Waals surface area contributed by atoms with Crippen molar-refractivity contribution in [2.75, 3.05) is 13.1 Å². The Morgan fingerprint density at radius 1 is 0.944 bits per heavy atom. The number of hydrogen-bond acceptors (Lipinski definition) is 3. The molecule has 0 aromatic rings. The predicted molar refractivity (Wildman–Crippen MR) is 67.6 cm³/mol. The molecule has 18 heavy (non-hydrogen) atoms. The van der Waals surface area contributed by atoms with E-state index in [0.29, 0.717) is 6.54 Å². The van der Waals surface area contributed by atoms with Crippen molar-refractivity contribution < 1.29 is 19.8 Å². The molecule has 1 aliphatic carbocycles. The average molecular weight is 257 g/mol. The number of carboxylic acids is 2. The van der Waals surface area contributed by atoms with E-state index in [2.05, 4.69) is 0 Å². The smallest absolute Gasteiger partial charge is 0.317 e. The molecule has 1 saturated carbocycles. The minimum absolute atomic E-state index is 0.0176. The molecule has 0 spiro atoms. The second-order valence-electron chi connectivity index (χ2n) is 5.01. The molecule has 0 aliphatic heterocycles. The summed E-state index contributed by atoms with van der Waals surface area (Å²) >= 11 is 0. The lowest BCUT2D eigenvalue weighted by atomic mass is 9.95. The maximum atomic E-state index is 10.9. The van der Waals surface area contributed by atoms with Crippen LogP contribution in [0, 0.1) is 0 Å². The fraction of sp³-hybridized carbons (Fsp3) is 0.846. The number of carbonyl (C=O) groups is 2. The van der Waals surface area contributed by atoms with Gasteiger partial charge in [0.05, 0.1) is 13.0 Å². The maximum absolute atomic E-state index is 10.9. The lowest BCUT2D eigenvalue weighted by Crippen LogP contribution is -2.40. The maximum Gasteiger partial charge on any atom is 0.317 e. The summed E-state index contributed by atoms with van der Waals surface area (Å²) in [5, 5.41) is 17.6. The van der Waals surface area contributed by atoms with Crippen LogP contribution < -0.4 is 0 Å². The van der Waals surface area contributed by atoms with E-state index in [0.717, 1.165) is 25.7 Å². The van der Waals surface area contributed by atoms with Gasteiger partial charge in [0.2, 0.25) is 0 Å². The highest BCUT2D eigenvalue weighted by atomic mass is 16.4. The summed E-state index contributed by atoms with van der Waals surface area (Å²) in [4.78, 5) is 23.3. The summed E-state index contributed by atoms with van der Waals surface area (Å²) in [5.74, 6) is -1.74. The number of nitrogens with zero attached hydrogens (tertiary/aromatic N) is 1. The molecular weight excluding hydrogens is 234 g/mol. The van der Waals surface area contributed by atoms with Gasteiger partial charge in [0.1, 0.15) is 0 Å². The molecule has 1 rings (SSSR count). The van der Waals surface area contributed by atoms with Crippen molar-refractivity contribution >= 4 is 11.9 Å². The Hall–Kier alpha value is -1.10. The summed E-state index contributed by atoms with van der Waals surface area (Å²) in [6.07, 6.45) is 7.92. The topological polar surface area (TPSA) is 77.8 Å². The lowest BCUT2D eigenvalue weighted by Gasteiger charge is -2.31. The molecule has 2 N–H and O–H groups in total. The van der Waals surface area contributed by atoms with Gasteiger partial charge in [0.25, 0.3) is 0 Å². The minimum atomic E-state index is -0.873. The third kappa shape index (κ3) is 6.00. The van der Waals surface area contributed by atoms with Crippen LogP contribution >= 0.6 is 0 Å². The van der Waals surface area contributed by atoms with Crippen LogP contribution in [0.5, 0.6) is 0 Å². The van der Waals surface area contributed by atoms with Crippen LogP contribution in [0.1, 0.15) is 51.4 Å². The van der Waals surface area contributed by atoms with Gasteiger partial charge in [-0.25, -0.2) is 0 Å². The van der Waals surface area contributed by atoms with Crippen molar-refractivity contribution in [3.8, 4) is 0 Å². The van der Waals surface area contributed by atoms with Crippen molar-refractivity contribution in [2.45, 2.75) is 57.4 Å². The molecule has 1 aliphatic rings. The zero-order valence-corrected chi connectivity index (χ0v) is 10.8. The molecule has 1 fully saturated rings. The Morgan fingerprint density at radius 3 is 2.00 bits per heavy atom. The van der Waals surface area contributed by atoms with E-state index in [1.54, 1.807) is 0 Å². The SMILES string of the molecule is O=C(O)CCN(CC(=O)O)C1CCCCCCC1. The first-order valence-electron chi connectivity index (χ1n) is 6.77. The summed E-state index contributed by atoms with van der Waals surface area (Å²) < 4.78 is 0. The van der Waals surface area contributed by atoms with Gasteiger partial charge in [0.15, 0.2) is 0 Å². The average Bonchev–Trinajstić information content (AvgIpc) is 2.23. The molecule has 0 radical (unpaired) electrons. The molecule has 5 nitrogen and oxygen atoms in total. The third-order valence-corrected chi connectivity index (χ3v) is 3.54. The number of rotatable bonds is 6. The highest BCUT2D eigenvalue weighted by Crippen LogP contribution is 2.21. The fourth-order valence-electron chi connectivity index (χ4n) is 2.60. The molecule has 104 valence electrons. The molecule has 0 aromatic carbocycles. The Labute approximate surface area is 108 Å². The van der Waals surface area contributed by atoms with Gasteiger partial charge < -0.3 is 10.2 Å². The van der Waals surface area contributed by atoms with Gasteiger partial charge in [-0.2, -0.15) is 0 Å². The molecule has 0 heterocycles. The molecule has 0 saturated heterocycles. The van der Waals surface area contributed by atoms with Gasteiger partial charge in [-0.15, -0.1) is 0 Å². The van der Waals surface area contributed by atoms with Crippen molar-refractivity contribution in [2.24, 2.45) is 0 Å². The Bertz CT molecular complexity index is 272. The zero-order valence-electron chi connectivity index (χ0n) is 10.8. The predicted octanol–water partition coefficient (Wildman–Crippen LogP) is 1.96. The van der Waals surface area contributed by atoms with Crippen LogP contribution in [0.25, 0.3) is 0 Å². The van der Waals surface area contributed by atoms with Crippen LogP contribution in [0.4, 0.5) is 0 Å². The Kier molecular flexibility index (Phi) is 6.72. The van der Waals surface area contributed by atoms with Crippen LogP contribution in [-0.4, -0.2) is 46.2 Å². The van der Waals surface area contributed by atoms with E-state index in [1.807, 2.05) is 4.90 Å². The molecule has 0 aromatic heterocycles. The van der Waals surface area contributed by atoms with E-state index in [1.165, 1.54) is 19.3 Å². The van der Waals surface area contributed by atoms with Crippen molar-refractivity contribution in [1.29, 1.82) is 0 Å². The Balaban J connectivity index is 2.53. The highest BCUT2D eigenvalue weighted by molar-refractivity contribution is 5.69. The highest BCUT2D eigenvalue weighted by Gasteiger charge is 2.21. The first-order chi connectivity index (χ1) is 8.59. The second kappa shape index (κ2) is 8.08.